The molecule has 0 radical (unpaired) electrons. The van der Waals surface area contributed by atoms with Gasteiger partial charge in [0.2, 0.25) is 0 Å². The van der Waals surface area contributed by atoms with Crippen molar-refractivity contribution in [1.29, 1.82) is 0 Å². The molecule has 5 heteroatoms. The molecule has 27 heavy (non-hydrogen) atoms. The Balaban J connectivity index is 1.52. The van der Waals surface area contributed by atoms with Gasteiger partial charge in [-0.15, -0.1) is 0 Å². The van der Waals surface area contributed by atoms with E-state index >= 15 is 0 Å². The quantitative estimate of drug-likeness (QED) is 0.815. The molecule has 2 aromatic carbocycles. The van der Waals surface area contributed by atoms with Crippen LogP contribution in [0.4, 0.5) is 0 Å². The third kappa shape index (κ3) is 5.01. The minimum absolute atomic E-state index is 0.0493. The molecule has 0 fully saturated rings. The van der Waals surface area contributed by atoms with Crippen molar-refractivity contribution in [3.63, 3.8) is 0 Å². The van der Waals surface area contributed by atoms with Crippen LogP contribution in [-0.2, 0) is 13.0 Å². The van der Waals surface area contributed by atoms with E-state index in [4.69, 9.17) is 9.47 Å². The van der Waals surface area contributed by atoms with Crippen LogP contribution in [0.1, 0.15) is 35.3 Å². The lowest BCUT2D eigenvalue weighted by atomic mass is 10.00. The van der Waals surface area contributed by atoms with E-state index in [1.165, 1.54) is 11.1 Å². The number of hydrogen-bond donors (Lipinski definition) is 1. The van der Waals surface area contributed by atoms with Crippen LogP contribution < -0.4 is 14.8 Å². The highest BCUT2D eigenvalue weighted by Gasteiger charge is 2.16. The maximum atomic E-state index is 12.5. The molecule has 1 amide bonds. The van der Waals surface area contributed by atoms with Crippen molar-refractivity contribution in [3.05, 3.63) is 59.2 Å². The zero-order valence-electron chi connectivity index (χ0n) is 16.3. The number of methoxy groups -OCH3 is 1. The minimum Gasteiger partial charge on any atom is -0.493 e. The van der Waals surface area contributed by atoms with Crippen molar-refractivity contribution >= 4 is 5.91 Å². The van der Waals surface area contributed by atoms with Gasteiger partial charge in [-0.2, -0.15) is 0 Å². The number of amides is 1. The van der Waals surface area contributed by atoms with Crippen molar-refractivity contribution in [1.82, 2.24) is 10.2 Å². The van der Waals surface area contributed by atoms with Gasteiger partial charge in [0.15, 0.2) is 11.5 Å². The van der Waals surface area contributed by atoms with E-state index in [1.54, 1.807) is 25.3 Å². The molecule has 1 heterocycles. The van der Waals surface area contributed by atoms with Gasteiger partial charge >= 0.3 is 0 Å². The summed E-state index contributed by atoms with van der Waals surface area (Å²) < 4.78 is 11.1. The molecule has 0 atom stereocenters. The Hall–Kier alpha value is -2.53. The second-order valence-electron chi connectivity index (χ2n) is 7.08. The van der Waals surface area contributed by atoms with Crippen molar-refractivity contribution in [3.8, 4) is 11.5 Å². The number of carbonyl (C=O) groups is 1. The number of nitrogens with zero attached hydrogens (tertiary/aromatic N) is 1. The Bertz CT molecular complexity index is 789. The molecule has 0 saturated heterocycles. The van der Waals surface area contributed by atoms with Crippen LogP contribution in [0.3, 0.4) is 0 Å². The maximum Gasteiger partial charge on any atom is 0.251 e. The highest BCUT2D eigenvalue weighted by Crippen LogP contribution is 2.29. The molecule has 0 aliphatic carbocycles. The van der Waals surface area contributed by atoms with Crippen LogP contribution in [0.15, 0.2) is 42.5 Å². The third-order valence-electron chi connectivity index (χ3n) is 4.71. The Labute approximate surface area is 161 Å². The standard InChI is InChI=1S/C22H28N2O3/c1-16(2)27-20-9-8-18(14-21(20)26-3)22(25)23-11-13-24-12-10-17-6-4-5-7-19(17)15-24/h4-9,14,16H,10-13,15H2,1-3H3,(H,23,25). The Morgan fingerprint density at radius 1 is 1.15 bits per heavy atom. The molecule has 0 saturated carbocycles. The summed E-state index contributed by atoms with van der Waals surface area (Å²) in [4.78, 5) is 14.8. The third-order valence-corrected chi connectivity index (χ3v) is 4.71. The second kappa shape index (κ2) is 8.91. The van der Waals surface area contributed by atoms with Crippen LogP contribution >= 0.6 is 0 Å². The summed E-state index contributed by atoms with van der Waals surface area (Å²) in [6.07, 6.45) is 1.12. The molecule has 0 bridgehead atoms. The van der Waals surface area contributed by atoms with E-state index in [9.17, 15) is 4.79 Å². The molecular formula is C22H28N2O3. The monoisotopic (exact) mass is 368 g/mol. The highest BCUT2D eigenvalue weighted by molar-refractivity contribution is 5.94. The average Bonchev–Trinajstić information content (AvgIpc) is 2.67. The number of rotatable bonds is 7. The fourth-order valence-corrected chi connectivity index (χ4v) is 3.33. The molecule has 0 spiro atoms. The first-order valence-electron chi connectivity index (χ1n) is 9.49. The molecule has 3 rings (SSSR count). The number of benzene rings is 2. The predicted molar refractivity (Wildman–Crippen MR) is 107 cm³/mol. The number of nitrogens with one attached hydrogen (secondary N) is 1. The summed E-state index contributed by atoms with van der Waals surface area (Å²) >= 11 is 0. The second-order valence-corrected chi connectivity index (χ2v) is 7.08. The predicted octanol–water partition coefficient (Wildman–Crippen LogP) is 3.27. The van der Waals surface area contributed by atoms with Gasteiger partial charge < -0.3 is 14.8 Å². The van der Waals surface area contributed by atoms with E-state index in [1.807, 2.05) is 13.8 Å². The zero-order valence-corrected chi connectivity index (χ0v) is 16.3. The first kappa shape index (κ1) is 19.2. The lowest BCUT2D eigenvalue weighted by Gasteiger charge is -2.28. The molecule has 1 aliphatic heterocycles. The van der Waals surface area contributed by atoms with Crippen molar-refractivity contribution in [2.24, 2.45) is 0 Å². The maximum absolute atomic E-state index is 12.5. The van der Waals surface area contributed by atoms with Crippen LogP contribution in [0.2, 0.25) is 0 Å². The number of carbonyl (C=O) groups excluding carboxylic acids is 1. The minimum atomic E-state index is -0.0955. The molecular weight excluding hydrogens is 340 g/mol. The smallest absolute Gasteiger partial charge is 0.251 e. The summed E-state index contributed by atoms with van der Waals surface area (Å²) in [5.74, 6) is 1.13. The first-order chi connectivity index (χ1) is 13.1. The Morgan fingerprint density at radius 3 is 2.67 bits per heavy atom. The van der Waals surface area contributed by atoms with Gasteiger partial charge in [-0.25, -0.2) is 0 Å². The topological polar surface area (TPSA) is 50.8 Å². The SMILES string of the molecule is COc1cc(C(=O)NCCN2CCc3ccccc3C2)ccc1OC(C)C. The van der Waals surface area contributed by atoms with Crippen LogP contribution in [0.25, 0.3) is 0 Å². The van der Waals surface area contributed by atoms with Gasteiger partial charge in [0.25, 0.3) is 5.91 Å². The summed E-state index contributed by atoms with van der Waals surface area (Å²) in [6.45, 7) is 7.35. The van der Waals surface area contributed by atoms with Crippen molar-refractivity contribution < 1.29 is 14.3 Å². The molecule has 0 aromatic heterocycles. The Morgan fingerprint density at radius 2 is 1.93 bits per heavy atom. The van der Waals surface area contributed by atoms with Gasteiger partial charge in [0, 0.05) is 31.7 Å². The van der Waals surface area contributed by atoms with Gasteiger partial charge in [-0.1, -0.05) is 24.3 Å². The van der Waals surface area contributed by atoms with Gasteiger partial charge in [0.1, 0.15) is 0 Å². The molecule has 144 valence electrons. The fraction of sp³-hybridized carbons (Fsp3) is 0.409. The molecule has 0 unspecified atom stereocenters. The van der Waals surface area contributed by atoms with Crippen LogP contribution in [-0.4, -0.2) is 43.7 Å². The largest absolute Gasteiger partial charge is 0.493 e. The summed E-state index contributed by atoms with van der Waals surface area (Å²) in [5.41, 5.74) is 3.40. The highest BCUT2D eigenvalue weighted by atomic mass is 16.5. The van der Waals surface area contributed by atoms with Gasteiger partial charge in [-0.3, -0.25) is 9.69 Å². The van der Waals surface area contributed by atoms with Gasteiger partial charge in [0.05, 0.1) is 13.2 Å². The summed E-state index contributed by atoms with van der Waals surface area (Å²) in [5, 5.41) is 3.00. The van der Waals surface area contributed by atoms with Crippen LogP contribution in [0, 0.1) is 0 Å². The molecule has 5 nitrogen and oxygen atoms in total. The van der Waals surface area contributed by atoms with Crippen LogP contribution in [0.5, 0.6) is 11.5 Å². The van der Waals surface area contributed by atoms with E-state index in [0.29, 0.717) is 23.6 Å². The van der Waals surface area contributed by atoms with E-state index < -0.39 is 0 Å². The number of hydrogen-bond acceptors (Lipinski definition) is 4. The van der Waals surface area contributed by atoms with E-state index in [-0.39, 0.29) is 12.0 Å². The average molecular weight is 368 g/mol. The lowest BCUT2D eigenvalue weighted by Crippen LogP contribution is -2.37. The van der Waals surface area contributed by atoms with Crippen molar-refractivity contribution in [2.75, 3.05) is 26.7 Å². The molecule has 1 aliphatic rings. The molecule has 1 N–H and O–H groups in total. The summed E-state index contributed by atoms with van der Waals surface area (Å²) in [7, 11) is 1.58. The van der Waals surface area contributed by atoms with E-state index in [0.717, 1.165) is 26.1 Å². The zero-order chi connectivity index (χ0) is 19.2. The van der Waals surface area contributed by atoms with Crippen molar-refractivity contribution in [2.45, 2.75) is 32.9 Å². The normalized spacial score (nSPS) is 13.9. The number of ether oxygens (including phenoxy) is 2. The summed E-state index contributed by atoms with van der Waals surface area (Å²) in [6, 6.07) is 13.9. The Kier molecular flexibility index (Phi) is 6.35. The first-order valence-corrected chi connectivity index (χ1v) is 9.49. The molecule has 2 aromatic rings. The number of fused-ring (bicyclic) bond motifs is 1. The van der Waals surface area contributed by atoms with E-state index in [2.05, 4.69) is 34.5 Å². The fourth-order valence-electron chi connectivity index (χ4n) is 3.33. The lowest BCUT2D eigenvalue weighted by molar-refractivity contribution is 0.0947. The van der Waals surface area contributed by atoms with Gasteiger partial charge in [-0.05, 0) is 49.6 Å².